The average molecular weight is 399 g/mol. The molecular weight excluding hydrogens is 377 g/mol. The number of fused-ring (bicyclic) bond motifs is 3. The Labute approximate surface area is 166 Å². The summed E-state index contributed by atoms with van der Waals surface area (Å²) in [5, 5.41) is 14.9. The summed E-state index contributed by atoms with van der Waals surface area (Å²) in [5.74, 6) is 0.763. The Morgan fingerprint density at radius 2 is 2.11 bits per heavy atom. The lowest BCUT2D eigenvalue weighted by atomic mass is 9.96. The normalized spacial score (nSPS) is 26.7. The van der Waals surface area contributed by atoms with Crippen molar-refractivity contribution in [3.63, 3.8) is 0 Å². The zero-order chi connectivity index (χ0) is 19.4. The zero-order valence-corrected chi connectivity index (χ0v) is 16.6. The van der Waals surface area contributed by atoms with Crippen LogP contribution < -0.4 is 10.2 Å². The van der Waals surface area contributed by atoms with Gasteiger partial charge in [0.25, 0.3) is 0 Å². The van der Waals surface area contributed by atoms with Crippen molar-refractivity contribution >= 4 is 27.4 Å². The summed E-state index contributed by atoms with van der Waals surface area (Å²) in [4.78, 5) is 15.3. The SMILES string of the molecule is Cc1nc2c(O)c(-c3cnc(N(C)[C@@H]4CC5CC[C@H](N5)[C@@H]4F)cn3)ccc2s1. The fourth-order valence-electron chi connectivity index (χ4n) is 4.46. The Balaban J connectivity index is 1.42. The van der Waals surface area contributed by atoms with Gasteiger partial charge in [0.05, 0.1) is 33.8 Å². The molecule has 2 N–H and O–H groups in total. The van der Waals surface area contributed by atoms with Gasteiger partial charge in [0.2, 0.25) is 0 Å². The number of thiazole rings is 1. The van der Waals surface area contributed by atoms with Crippen LogP contribution in [0.3, 0.4) is 0 Å². The molecular formula is C20H22FN5OS. The van der Waals surface area contributed by atoms with Gasteiger partial charge in [0.15, 0.2) is 5.75 Å². The molecule has 4 heterocycles. The van der Waals surface area contributed by atoms with E-state index in [1.54, 1.807) is 23.7 Å². The van der Waals surface area contributed by atoms with Crippen LogP contribution in [0.2, 0.25) is 0 Å². The number of piperidine rings is 1. The van der Waals surface area contributed by atoms with E-state index in [4.69, 9.17) is 0 Å². The first-order valence-corrected chi connectivity index (χ1v) is 10.4. The van der Waals surface area contributed by atoms with E-state index in [1.807, 2.05) is 31.0 Å². The molecule has 8 heteroatoms. The van der Waals surface area contributed by atoms with Crippen molar-refractivity contribution in [2.75, 3.05) is 11.9 Å². The molecule has 0 amide bonds. The Morgan fingerprint density at radius 3 is 2.89 bits per heavy atom. The fourth-order valence-corrected chi connectivity index (χ4v) is 5.29. The summed E-state index contributed by atoms with van der Waals surface area (Å²) in [6, 6.07) is 3.92. The number of anilines is 1. The number of aromatic nitrogens is 3. The van der Waals surface area contributed by atoms with Gasteiger partial charge in [-0.3, -0.25) is 4.98 Å². The maximum absolute atomic E-state index is 14.8. The van der Waals surface area contributed by atoms with Crippen molar-refractivity contribution in [3.8, 4) is 17.0 Å². The van der Waals surface area contributed by atoms with Gasteiger partial charge in [-0.15, -0.1) is 11.3 Å². The highest BCUT2D eigenvalue weighted by Crippen LogP contribution is 2.37. The summed E-state index contributed by atoms with van der Waals surface area (Å²) in [6.45, 7) is 1.92. The Bertz CT molecular complexity index is 1020. The van der Waals surface area contributed by atoms with Gasteiger partial charge in [0.1, 0.15) is 17.5 Å². The smallest absolute Gasteiger partial charge is 0.152 e. The van der Waals surface area contributed by atoms with E-state index in [9.17, 15) is 9.50 Å². The second-order valence-electron chi connectivity index (χ2n) is 7.71. The van der Waals surface area contributed by atoms with Gasteiger partial charge in [-0.25, -0.2) is 14.4 Å². The van der Waals surface area contributed by atoms with Crippen molar-refractivity contribution in [2.24, 2.45) is 0 Å². The monoisotopic (exact) mass is 399 g/mol. The molecule has 28 heavy (non-hydrogen) atoms. The van der Waals surface area contributed by atoms with Gasteiger partial charge >= 0.3 is 0 Å². The largest absolute Gasteiger partial charge is 0.505 e. The maximum Gasteiger partial charge on any atom is 0.152 e. The summed E-state index contributed by atoms with van der Waals surface area (Å²) in [7, 11) is 1.88. The minimum Gasteiger partial charge on any atom is -0.505 e. The molecule has 0 saturated carbocycles. The van der Waals surface area contributed by atoms with Crippen LogP contribution in [0, 0.1) is 6.92 Å². The predicted molar refractivity (Wildman–Crippen MR) is 109 cm³/mol. The second kappa shape index (κ2) is 6.63. The molecule has 6 nitrogen and oxygen atoms in total. The minimum absolute atomic E-state index is 0.0522. The fraction of sp³-hybridized carbons (Fsp3) is 0.450. The van der Waals surface area contributed by atoms with Crippen LogP contribution in [-0.4, -0.2) is 51.4 Å². The molecule has 2 bridgehead atoms. The third-order valence-corrected chi connectivity index (χ3v) is 6.90. The number of benzene rings is 1. The van der Waals surface area contributed by atoms with Crippen LogP contribution in [0.25, 0.3) is 21.5 Å². The number of phenols is 1. The van der Waals surface area contributed by atoms with Gasteiger partial charge in [-0.2, -0.15) is 0 Å². The number of nitrogens with one attached hydrogen (secondary N) is 1. The standard InChI is InChI=1S/C20H22FN5OS/c1-10-24-19-16(28-10)6-4-12(20(19)27)14-8-23-17(9-22-14)26(2)15-7-11-3-5-13(25-11)18(15)21/h4,6,8-9,11,13,15,18,25,27H,3,5,7H2,1-2H3/t11?,13-,15+,18-/m0/s1. The Morgan fingerprint density at radius 1 is 1.25 bits per heavy atom. The molecule has 0 spiro atoms. The van der Waals surface area contributed by atoms with E-state index < -0.39 is 6.17 Å². The average Bonchev–Trinajstić information content (AvgIpc) is 3.28. The van der Waals surface area contributed by atoms with Crippen LogP contribution in [-0.2, 0) is 0 Å². The number of hydrogen-bond donors (Lipinski definition) is 2. The van der Waals surface area contributed by atoms with Crippen molar-refractivity contribution in [1.29, 1.82) is 0 Å². The van der Waals surface area contributed by atoms with Gasteiger partial charge in [-0.1, -0.05) is 0 Å². The van der Waals surface area contributed by atoms with E-state index in [1.165, 1.54) is 0 Å². The van der Waals surface area contributed by atoms with Gasteiger partial charge < -0.3 is 15.3 Å². The second-order valence-corrected chi connectivity index (χ2v) is 8.94. The molecule has 2 aromatic heterocycles. The third kappa shape index (κ3) is 2.82. The molecule has 1 unspecified atom stereocenters. The lowest BCUT2D eigenvalue weighted by Gasteiger charge is -2.38. The number of nitrogens with zero attached hydrogens (tertiary/aromatic N) is 4. The lowest BCUT2D eigenvalue weighted by molar-refractivity contribution is 0.176. The molecule has 1 aromatic carbocycles. The number of aryl methyl sites for hydroxylation is 1. The van der Waals surface area contributed by atoms with Crippen LogP contribution in [0.15, 0.2) is 24.5 Å². The predicted octanol–water partition coefficient (Wildman–Crippen LogP) is 3.43. The van der Waals surface area contributed by atoms with E-state index in [-0.39, 0.29) is 17.8 Å². The highest BCUT2D eigenvalue weighted by atomic mass is 32.1. The van der Waals surface area contributed by atoms with Crippen molar-refractivity contribution in [1.82, 2.24) is 20.3 Å². The molecule has 2 aliphatic rings. The molecule has 2 fully saturated rings. The summed E-state index contributed by atoms with van der Waals surface area (Å²) in [6.07, 6.45) is 5.09. The third-order valence-electron chi connectivity index (χ3n) is 5.97. The first kappa shape index (κ1) is 17.8. The molecule has 2 aliphatic heterocycles. The minimum atomic E-state index is -0.912. The van der Waals surface area contributed by atoms with Crippen molar-refractivity contribution < 1.29 is 9.50 Å². The molecule has 3 aromatic rings. The first-order valence-electron chi connectivity index (χ1n) is 9.55. The molecule has 146 valence electrons. The summed E-state index contributed by atoms with van der Waals surface area (Å²) in [5.41, 5.74) is 1.76. The van der Waals surface area contributed by atoms with Crippen LogP contribution in [0.4, 0.5) is 10.2 Å². The summed E-state index contributed by atoms with van der Waals surface area (Å²) < 4.78 is 15.8. The van der Waals surface area contributed by atoms with Gasteiger partial charge in [0, 0.05) is 24.7 Å². The maximum atomic E-state index is 14.8. The highest BCUT2D eigenvalue weighted by Gasteiger charge is 2.43. The molecule has 5 rings (SSSR count). The van der Waals surface area contributed by atoms with E-state index in [0.717, 1.165) is 29.0 Å². The number of alkyl halides is 1. The topological polar surface area (TPSA) is 74.2 Å². The molecule has 0 aliphatic carbocycles. The Hall–Kier alpha value is -2.32. The van der Waals surface area contributed by atoms with Crippen LogP contribution in [0.1, 0.15) is 24.3 Å². The first-order chi connectivity index (χ1) is 13.5. The number of phenolic OH excluding ortho intramolecular Hbond substituents is 1. The van der Waals surface area contributed by atoms with Crippen LogP contribution in [0.5, 0.6) is 5.75 Å². The van der Waals surface area contributed by atoms with Crippen LogP contribution >= 0.6 is 11.3 Å². The molecule has 4 atom stereocenters. The number of hydrogen-bond acceptors (Lipinski definition) is 7. The highest BCUT2D eigenvalue weighted by molar-refractivity contribution is 7.18. The Kier molecular flexibility index (Phi) is 4.21. The van der Waals surface area contributed by atoms with E-state index in [2.05, 4.69) is 20.3 Å². The summed E-state index contributed by atoms with van der Waals surface area (Å²) >= 11 is 1.54. The number of aromatic hydroxyl groups is 1. The van der Waals surface area contributed by atoms with Crippen molar-refractivity contribution in [2.45, 2.75) is 50.5 Å². The van der Waals surface area contributed by atoms with Crippen molar-refractivity contribution in [3.05, 3.63) is 29.5 Å². The van der Waals surface area contributed by atoms with Gasteiger partial charge in [-0.05, 0) is 38.3 Å². The molecule has 2 saturated heterocycles. The molecule has 0 radical (unpaired) electrons. The number of halogens is 1. The zero-order valence-electron chi connectivity index (χ0n) is 15.8. The van der Waals surface area contributed by atoms with E-state index >= 15 is 0 Å². The lowest BCUT2D eigenvalue weighted by Crippen LogP contribution is -2.55. The van der Waals surface area contributed by atoms with E-state index in [0.29, 0.717) is 28.6 Å². The number of rotatable bonds is 3. The quantitative estimate of drug-likeness (QED) is 0.703.